The summed E-state index contributed by atoms with van der Waals surface area (Å²) in [5, 5.41) is 0. The van der Waals surface area contributed by atoms with Gasteiger partial charge in [-0.1, -0.05) is 0 Å². The minimum absolute atomic E-state index is 0.156. The van der Waals surface area contributed by atoms with Crippen LogP contribution in [0.3, 0.4) is 0 Å². The van der Waals surface area contributed by atoms with E-state index in [-0.39, 0.29) is 12.1 Å². The van der Waals surface area contributed by atoms with E-state index in [1.807, 2.05) is 14.1 Å². The summed E-state index contributed by atoms with van der Waals surface area (Å²) in [5.41, 5.74) is 0. The first-order valence-electron chi connectivity index (χ1n) is 3.91. The molecule has 0 heterocycles. The first kappa shape index (κ1) is 8.53. The summed E-state index contributed by atoms with van der Waals surface area (Å²) < 4.78 is 5.01. The number of nitrogens with zero attached hydrogens (tertiary/aromatic N) is 1. The van der Waals surface area contributed by atoms with Crippen molar-refractivity contribution in [1.29, 1.82) is 0 Å². The molecule has 0 N–H and O–H groups in total. The van der Waals surface area contributed by atoms with Gasteiger partial charge in [-0.15, -0.1) is 0 Å². The summed E-state index contributed by atoms with van der Waals surface area (Å²) in [6.07, 6.45) is 1.24. The molecular weight excluding hydrogens is 142 g/mol. The molecular formula is C8H15NO2. The van der Waals surface area contributed by atoms with Crippen molar-refractivity contribution in [1.82, 2.24) is 4.90 Å². The predicted molar refractivity (Wildman–Crippen MR) is 42.2 cm³/mol. The lowest BCUT2D eigenvalue weighted by Gasteiger charge is -2.07. The normalized spacial score (nSPS) is 28.7. The zero-order chi connectivity index (χ0) is 8.43. The highest BCUT2D eigenvalue weighted by molar-refractivity contribution is 5.66. The predicted octanol–water partition coefficient (Wildman–Crippen LogP) is 0.500. The topological polar surface area (TPSA) is 29.5 Å². The fraction of sp³-hybridized carbons (Fsp3) is 0.875. The monoisotopic (exact) mass is 157 g/mol. The van der Waals surface area contributed by atoms with Crippen LogP contribution in [0.4, 0.5) is 0 Å². The van der Waals surface area contributed by atoms with Crippen molar-refractivity contribution >= 4 is 5.97 Å². The van der Waals surface area contributed by atoms with Gasteiger partial charge in [-0.05, 0) is 20.5 Å². The molecule has 0 aliphatic heterocycles. The van der Waals surface area contributed by atoms with Gasteiger partial charge in [-0.3, -0.25) is 4.79 Å². The minimum atomic E-state index is -0.156. The van der Waals surface area contributed by atoms with Crippen LogP contribution in [0, 0.1) is 5.92 Å². The van der Waals surface area contributed by atoms with E-state index in [0.717, 1.165) is 13.0 Å². The third kappa shape index (κ3) is 2.89. The molecule has 11 heavy (non-hydrogen) atoms. The van der Waals surface area contributed by atoms with E-state index in [0.29, 0.717) is 5.92 Å². The van der Waals surface area contributed by atoms with Crippen LogP contribution < -0.4 is 0 Å². The number of rotatable bonds is 3. The molecule has 1 aliphatic rings. The van der Waals surface area contributed by atoms with E-state index in [9.17, 15) is 4.79 Å². The maximum atomic E-state index is 10.5. The van der Waals surface area contributed by atoms with E-state index < -0.39 is 0 Å². The molecule has 3 heteroatoms. The number of carbonyl (C=O) groups is 1. The summed E-state index contributed by atoms with van der Waals surface area (Å²) in [6.45, 7) is 2.49. The lowest BCUT2D eigenvalue weighted by Crippen LogP contribution is -2.17. The molecule has 0 aromatic heterocycles. The smallest absolute Gasteiger partial charge is 0.302 e. The quantitative estimate of drug-likeness (QED) is 0.559. The first-order chi connectivity index (χ1) is 5.09. The van der Waals surface area contributed by atoms with Gasteiger partial charge < -0.3 is 9.64 Å². The second kappa shape index (κ2) is 3.22. The van der Waals surface area contributed by atoms with Crippen molar-refractivity contribution < 1.29 is 9.53 Å². The third-order valence-corrected chi connectivity index (χ3v) is 1.77. The molecule has 1 aliphatic carbocycles. The third-order valence-electron chi connectivity index (χ3n) is 1.77. The molecule has 1 saturated carbocycles. The van der Waals surface area contributed by atoms with Crippen LogP contribution in [0.15, 0.2) is 0 Å². The maximum absolute atomic E-state index is 10.5. The number of hydrogen-bond donors (Lipinski definition) is 0. The second-order valence-electron chi connectivity index (χ2n) is 3.41. The van der Waals surface area contributed by atoms with Crippen LogP contribution in [0.1, 0.15) is 13.3 Å². The van der Waals surface area contributed by atoms with E-state index in [1.165, 1.54) is 6.92 Å². The highest BCUT2D eigenvalue weighted by Crippen LogP contribution is 2.33. The van der Waals surface area contributed by atoms with Gasteiger partial charge in [0.15, 0.2) is 0 Å². The van der Waals surface area contributed by atoms with E-state index >= 15 is 0 Å². The lowest BCUT2D eigenvalue weighted by atomic mass is 10.4. The average molecular weight is 157 g/mol. The Morgan fingerprint density at radius 1 is 1.64 bits per heavy atom. The fourth-order valence-corrected chi connectivity index (χ4v) is 1.24. The van der Waals surface area contributed by atoms with Crippen molar-refractivity contribution in [2.75, 3.05) is 20.6 Å². The van der Waals surface area contributed by atoms with E-state index in [4.69, 9.17) is 4.74 Å². The maximum Gasteiger partial charge on any atom is 0.302 e. The van der Waals surface area contributed by atoms with Crippen LogP contribution >= 0.6 is 0 Å². The molecule has 0 aromatic carbocycles. The highest BCUT2D eigenvalue weighted by Gasteiger charge is 2.40. The molecule has 64 valence electrons. The largest absolute Gasteiger partial charge is 0.462 e. The van der Waals surface area contributed by atoms with E-state index in [2.05, 4.69) is 4.90 Å². The van der Waals surface area contributed by atoms with Gasteiger partial charge in [-0.25, -0.2) is 0 Å². The molecule has 1 rings (SSSR count). The van der Waals surface area contributed by atoms with Gasteiger partial charge in [0.1, 0.15) is 6.10 Å². The number of ether oxygens (including phenoxy) is 1. The lowest BCUT2D eigenvalue weighted by molar-refractivity contribution is -0.142. The zero-order valence-corrected chi connectivity index (χ0v) is 7.33. The van der Waals surface area contributed by atoms with Crippen molar-refractivity contribution in [3.05, 3.63) is 0 Å². The summed E-state index contributed by atoms with van der Waals surface area (Å²) in [7, 11) is 4.06. The molecule has 0 unspecified atom stereocenters. The molecule has 3 nitrogen and oxygen atoms in total. The second-order valence-corrected chi connectivity index (χ2v) is 3.41. The van der Waals surface area contributed by atoms with Crippen LogP contribution in [0.5, 0.6) is 0 Å². The van der Waals surface area contributed by atoms with Crippen LogP contribution in [0.25, 0.3) is 0 Å². The van der Waals surface area contributed by atoms with Gasteiger partial charge >= 0.3 is 5.97 Å². The molecule has 0 saturated heterocycles. The Kier molecular flexibility index (Phi) is 2.49. The van der Waals surface area contributed by atoms with Crippen molar-refractivity contribution in [3.8, 4) is 0 Å². The molecule has 2 atom stereocenters. The Hall–Kier alpha value is -0.570. The molecule has 0 aromatic rings. The van der Waals surface area contributed by atoms with Gasteiger partial charge in [-0.2, -0.15) is 0 Å². The van der Waals surface area contributed by atoms with Crippen LogP contribution in [0.2, 0.25) is 0 Å². The molecule has 0 amide bonds. The number of carbonyl (C=O) groups excluding carboxylic acids is 1. The highest BCUT2D eigenvalue weighted by atomic mass is 16.5. The minimum Gasteiger partial charge on any atom is -0.462 e. The van der Waals surface area contributed by atoms with Crippen LogP contribution in [-0.4, -0.2) is 37.6 Å². The Morgan fingerprint density at radius 2 is 2.27 bits per heavy atom. The van der Waals surface area contributed by atoms with Crippen molar-refractivity contribution in [2.45, 2.75) is 19.4 Å². The summed E-state index contributed by atoms with van der Waals surface area (Å²) >= 11 is 0. The molecule has 0 bridgehead atoms. The Morgan fingerprint density at radius 3 is 2.73 bits per heavy atom. The Balaban J connectivity index is 2.11. The molecule has 0 radical (unpaired) electrons. The van der Waals surface area contributed by atoms with Crippen molar-refractivity contribution in [3.63, 3.8) is 0 Å². The Bertz CT molecular complexity index is 156. The van der Waals surface area contributed by atoms with Crippen LogP contribution in [-0.2, 0) is 9.53 Å². The van der Waals surface area contributed by atoms with Crippen molar-refractivity contribution in [2.24, 2.45) is 5.92 Å². The summed E-state index contributed by atoms with van der Waals surface area (Å²) in [4.78, 5) is 12.6. The fourth-order valence-electron chi connectivity index (χ4n) is 1.24. The number of hydrogen-bond acceptors (Lipinski definition) is 3. The molecule has 0 spiro atoms. The van der Waals surface area contributed by atoms with Gasteiger partial charge in [0, 0.05) is 19.4 Å². The Labute approximate surface area is 67.3 Å². The zero-order valence-electron chi connectivity index (χ0n) is 7.33. The average Bonchev–Trinajstić information content (AvgIpc) is 2.43. The van der Waals surface area contributed by atoms with Gasteiger partial charge in [0.05, 0.1) is 0 Å². The number of esters is 1. The molecule has 1 fully saturated rings. The van der Waals surface area contributed by atoms with Gasteiger partial charge in [0.2, 0.25) is 0 Å². The summed E-state index contributed by atoms with van der Waals surface area (Å²) in [6, 6.07) is 0. The van der Waals surface area contributed by atoms with Gasteiger partial charge in [0.25, 0.3) is 0 Å². The van der Waals surface area contributed by atoms with E-state index in [1.54, 1.807) is 0 Å². The standard InChI is InChI=1S/C8H15NO2/c1-6(10)11-8-4-7(8)5-9(2)3/h7-8H,4-5H2,1-3H3/t7-,8+/m0/s1. The first-order valence-corrected chi connectivity index (χ1v) is 3.91. The SMILES string of the molecule is CC(=O)O[C@@H]1C[C@H]1CN(C)C. The summed E-state index contributed by atoms with van der Waals surface area (Å²) in [5.74, 6) is 0.421.